The Kier molecular flexibility index (Phi) is 7.02. The largest absolute Gasteiger partial charge is 0.494 e. The number of hydrogen-bond acceptors (Lipinski definition) is 7. The van der Waals surface area contributed by atoms with E-state index in [1.54, 1.807) is 6.07 Å². The van der Waals surface area contributed by atoms with Crippen LogP contribution in [0.25, 0.3) is 0 Å². The normalized spacial score (nSPS) is 32.9. The molecule has 0 unspecified atom stereocenters. The molecule has 7 atom stereocenters. The lowest BCUT2D eigenvalue weighted by Crippen LogP contribution is -2.55. The molecule has 0 spiro atoms. The summed E-state index contributed by atoms with van der Waals surface area (Å²) in [6, 6.07) is 11.5. The third-order valence-corrected chi connectivity index (χ3v) is 7.31. The SMILES string of the molecule is CCOc1ccc(Cc2cc3c(cc2Cl)OC[C@H]2C[C@H]2COC[C@H]2O[C@@H]3[C@H](O)[C@@H](O)[C@@H]2O)cc1. The van der Waals surface area contributed by atoms with Crippen LogP contribution in [0.5, 0.6) is 11.5 Å². The summed E-state index contributed by atoms with van der Waals surface area (Å²) in [5, 5.41) is 32.4. The molecule has 3 aliphatic rings. The Morgan fingerprint density at radius 1 is 0.971 bits per heavy atom. The van der Waals surface area contributed by atoms with Gasteiger partial charge in [0.05, 0.1) is 19.8 Å². The molecular weight excluding hydrogens is 460 g/mol. The van der Waals surface area contributed by atoms with E-state index in [0.29, 0.717) is 54.4 Å². The molecule has 0 radical (unpaired) electrons. The average molecular weight is 491 g/mol. The number of fused-ring (bicyclic) bond motifs is 5. The van der Waals surface area contributed by atoms with Gasteiger partial charge >= 0.3 is 0 Å². The molecule has 8 heteroatoms. The van der Waals surface area contributed by atoms with Gasteiger partial charge in [0.2, 0.25) is 0 Å². The van der Waals surface area contributed by atoms with Crippen molar-refractivity contribution in [3.63, 3.8) is 0 Å². The summed E-state index contributed by atoms with van der Waals surface area (Å²) in [6.07, 6.45) is -4.03. The third-order valence-electron chi connectivity index (χ3n) is 6.96. The van der Waals surface area contributed by atoms with Gasteiger partial charge in [-0.2, -0.15) is 0 Å². The van der Waals surface area contributed by atoms with Gasteiger partial charge in [0.1, 0.15) is 42.0 Å². The van der Waals surface area contributed by atoms with Gasteiger partial charge in [-0.3, -0.25) is 0 Å². The molecule has 2 fully saturated rings. The maximum absolute atomic E-state index is 10.8. The predicted octanol–water partition coefficient (Wildman–Crippen LogP) is 2.90. The zero-order valence-electron chi connectivity index (χ0n) is 19.1. The molecular formula is C26H31ClO7. The molecule has 184 valence electrons. The second-order valence-corrected chi connectivity index (χ2v) is 9.81. The Hall–Kier alpha value is -1.87. The molecule has 1 aliphatic carbocycles. The fraction of sp³-hybridized carbons (Fsp3) is 0.538. The lowest BCUT2D eigenvalue weighted by Gasteiger charge is -2.41. The highest BCUT2D eigenvalue weighted by molar-refractivity contribution is 6.31. The van der Waals surface area contributed by atoms with Gasteiger partial charge in [0.15, 0.2) is 0 Å². The molecule has 5 rings (SSSR count). The number of aliphatic hydroxyl groups excluding tert-OH is 3. The van der Waals surface area contributed by atoms with Gasteiger partial charge in [-0.05, 0) is 67.0 Å². The Balaban J connectivity index is 1.48. The second kappa shape index (κ2) is 10.0. The zero-order chi connectivity index (χ0) is 23.8. The van der Waals surface area contributed by atoms with Crippen molar-refractivity contribution in [2.75, 3.05) is 26.4 Å². The summed E-state index contributed by atoms with van der Waals surface area (Å²) < 4.78 is 23.5. The van der Waals surface area contributed by atoms with E-state index in [0.717, 1.165) is 23.3 Å². The Labute approximate surface area is 204 Å². The van der Waals surface area contributed by atoms with Crippen LogP contribution in [-0.4, -0.2) is 66.2 Å². The van der Waals surface area contributed by atoms with E-state index in [-0.39, 0.29) is 6.61 Å². The fourth-order valence-corrected chi connectivity index (χ4v) is 5.01. The van der Waals surface area contributed by atoms with Crippen LogP contribution in [0.4, 0.5) is 0 Å². The molecule has 2 aromatic carbocycles. The molecule has 34 heavy (non-hydrogen) atoms. The van der Waals surface area contributed by atoms with E-state index in [9.17, 15) is 15.3 Å². The van der Waals surface area contributed by atoms with Crippen LogP contribution in [-0.2, 0) is 15.9 Å². The summed E-state index contributed by atoms with van der Waals surface area (Å²) in [6.45, 7) is 3.77. The van der Waals surface area contributed by atoms with Gasteiger partial charge in [-0.25, -0.2) is 0 Å². The molecule has 0 aromatic heterocycles. The van der Waals surface area contributed by atoms with Crippen molar-refractivity contribution in [2.24, 2.45) is 11.8 Å². The third kappa shape index (κ3) is 4.91. The monoisotopic (exact) mass is 490 g/mol. The Morgan fingerprint density at radius 2 is 1.74 bits per heavy atom. The number of rotatable bonds is 4. The van der Waals surface area contributed by atoms with Crippen LogP contribution in [0.1, 0.15) is 36.1 Å². The molecule has 7 nitrogen and oxygen atoms in total. The van der Waals surface area contributed by atoms with Gasteiger partial charge in [0.25, 0.3) is 0 Å². The highest BCUT2D eigenvalue weighted by Crippen LogP contribution is 2.43. The number of hydrogen-bond donors (Lipinski definition) is 3. The van der Waals surface area contributed by atoms with Gasteiger partial charge in [0, 0.05) is 17.2 Å². The lowest BCUT2D eigenvalue weighted by molar-refractivity contribution is -0.235. The van der Waals surface area contributed by atoms with Gasteiger partial charge in [-0.1, -0.05) is 23.7 Å². The van der Waals surface area contributed by atoms with E-state index in [1.807, 2.05) is 37.3 Å². The molecule has 2 aliphatic heterocycles. The van der Waals surface area contributed by atoms with Crippen LogP contribution < -0.4 is 9.47 Å². The van der Waals surface area contributed by atoms with Gasteiger partial charge < -0.3 is 34.3 Å². The highest BCUT2D eigenvalue weighted by Gasteiger charge is 2.46. The first kappa shape index (κ1) is 23.9. The number of aliphatic hydroxyl groups is 3. The summed E-state index contributed by atoms with van der Waals surface area (Å²) in [5.41, 5.74) is 2.49. The molecule has 1 saturated carbocycles. The van der Waals surface area contributed by atoms with E-state index in [1.165, 1.54) is 0 Å². The predicted molar refractivity (Wildman–Crippen MR) is 125 cm³/mol. The number of halogens is 1. The van der Waals surface area contributed by atoms with E-state index in [4.69, 9.17) is 30.5 Å². The van der Waals surface area contributed by atoms with Gasteiger partial charge in [-0.15, -0.1) is 0 Å². The lowest BCUT2D eigenvalue weighted by atomic mass is 9.89. The van der Waals surface area contributed by atoms with Crippen LogP contribution >= 0.6 is 11.6 Å². The van der Waals surface area contributed by atoms with Crippen molar-refractivity contribution in [1.82, 2.24) is 0 Å². The first-order valence-corrected chi connectivity index (χ1v) is 12.3. The van der Waals surface area contributed by atoms with E-state index in [2.05, 4.69) is 0 Å². The standard InChI is InChI=1S/C26H31ClO7/c1-2-32-18-5-3-14(4-6-18)7-15-9-19-21(10-20(15)27)33-12-17-8-16(17)11-31-13-22-23(28)24(29)25(30)26(19)34-22/h3-6,9-10,16-17,22-26,28-30H,2,7-8,11-13H2,1H3/t16-,17+,22+,23+,24-,25+,26-/m0/s1. The first-order valence-electron chi connectivity index (χ1n) is 11.9. The van der Waals surface area contributed by atoms with Crippen molar-refractivity contribution in [2.45, 2.75) is 50.3 Å². The summed E-state index contributed by atoms with van der Waals surface area (Å²) in [4.78, 5) is 0. The number of ether oxygens (including phenoxy) is 4. The highest BCUT2D eigenvalue weighted by atomic mass is 35.5. The first-order chi connectivity index (χ1) is 16.4. The summed E-state index contributed by atoms with van der Waals surface area (Å²) in [5.74, 6) is 2.14. The molecule has 1 saturated heterocycles. The van der Waals surface area contributed by atoms with Crippen LogP contribution in [0.2, 0.25) is 5.02 Å². The van der Waals surface area contributed by atoms with E-state index >= 15 is 0 Å². The summed E-state index contributed by atoms with van der Waals surface area (Å²) >= 11 is 6.67. The minimum atomic E-state index is -1.37. The molecule has 3 N–H and O–H groups in total. The molecule has 0 amide bonds. The molecule has 2 bridgehead atoms. The van der Waals surface area contributed by atoms with E-state index < -0.39 is 30.5 Å². The van der Waals surface area contributed by atoms with Crippen molar-refractivity contribution in [1.29, 1.82) is 0 Å². The van der Waals surface area contributed by atoms with Crippen molar-refractivity contribution in [3.8, 4) is 11.5 Å². The van der Waals surface area contributed by atoms with Crippen LogP contribution in [0.15, 0.2) is 36.4 Å². The average Bonchev–Trinajstić information content (AvgIpc) is 3.58. The maximum Gasteiger partial charge on any atom is 0.126 e. The minimum Gasteiger partial charge on any atom is -0.494 e. The fourth-order valence-electron chi connectivity index (χ4n) is 4.79. The van der Waals surface area contributed by atoms with Crippen molar-refractivity contribution in [3.05, 3.63) is 58.1 Å². The summed E-state index contributed by atoms with van der Waals surface area (Å²) in [7, 11) is 0. The minimum absolute atomic E-state index is 0.146. The number of benzene rings is 2. The molecule has 2 heterocycles. The Bertz CT molecular complexity index is 997. The Morgan fingerprint density at radius 3 is 2.50 bits per heavy atom. The van der Waals surface area contributed by atoms with Crippen molar-refractivity contribution >= 4 is 11.6 Å². The second-order valence-electron chi connectivity index (χ2n) is 9.41. The maximum atomic E-state index is 10.8. The molecule has 2 aromatic rings. The zero-order valence-corrected chi connectivity index (χ0v) is 19.9. The van der Waals surface area contributed by atoms with Crippen LogP contribution in [0.3, 0.4) is 0 Å². The van der Waals surface area contributed by atoms with Crippen LogP contribution in [0, 0.1) is 11.8 Å². The quantitative estimate of drug-likeness (QED) is 0.606. The topological polar surface area (TPSA) is 97.6 Å². The van der Waals surface area contributed by atoms with Crippen molar-refractivity contribution < 1.29 is 34.3 Å². The smallest absolute Gasteiger partial charge is 0.126 e.